The first-order valence-electron chi connectivity index (χ1n) is 19.3. The molecule has 0 spiro atoms. The summed E-state index contributed by atoms with van der Waals surface area (Å²) in [5, 5.41) is 26.7. The Morgan fingerprint density at radius 2 is 0.897 bits per heavy atom. The van der Waals surface area contributed by atoms with E-state index >= 15 is 0 Å². The largest absolute Gasteiger partial charge is 0.497 e. The SMILES string of the molecule is COc1ccc(-c2[nH]/c(=C(/C#N)c3ccc4cc(C(C)(C)C)ccc4n3)c3c(-c4ccc(OC)cc4)[nH]/c(=C(/C#N)c4ccc5cc(C(C)(C)C)ccc5n4)c23)cc1. The van der Waals surface area contributed by atoms with Crippen LogP contribution in [0.5, 0.6) is 11.5 Å². The van der Waals surface area contributed by atoms with Gasteiger partial charge in [0.1, 0.15) is 34.8 Å². The summed E-state index contributed by atoms with van der Waals surface area (Å²) in [6, 6.07) is 40.9. The number of fused-ring (bicyclic) bond motifs is 3. The molecule has 0 fully saturated rings. The maximum atomic E-state index is 11.0. The molecule has 8 aromatic rings. The Hall–Kier alpha value is -7.16. The number of methoxy groups -OCH3 is 2. The van der Waals surface area contributed by atoms with Crippen molar-refractivity contribution in [3.05, 3.63) is 142 Å². The lowest BCUT2D eigenvalue weighted by Gasteiger charge is -2.19. The first-order valence-corrected chi connectivity index (χ1v) is 19.3. The topological polar surface area (TPSA) is 123 Å². The van der Waals surface area contributed by atoms with Crippen LogP contribution in [0.1, 0.15) is 64.1 Å². The molecule has 4 aromatic carbocycles. The van der Waals surface area contributed by atoms with Gasteiger partial charge < -0.3 is 19.4 Å². The van der Waals surface area contributed by atoms with E-state index < -0.39 is 0 Å². The molecular weight excluding hydrogens is 717 g/mol. The fourth-order valence-corrected chi connectivity index (χ4v) is 7.52. The third kappa shape index (κ3) is 6.73. The van der Waals surface area contributed by atoms with Gasteiger partial charge in [0.05, 0.1) is 58.7 Å². The van der Waals surface area contributed by atoms with Gasteiger partial charge in [-0.05, 0) is 118 Å². The molecule has 8 heteroatoms. The minimum absolute atomic E-state index is 0.0220. The first kappa shape index (κ1) is 37.7. The Labute approximate surface area is 337 Å². The van der Waals surface area contributed by atoms with E-state index in [2.05, 4.69) is 87.9 Å². The number of aromatic nitrogens is 4. The molecule has 0 saturated carbocycles. The van der Waals surface area contributed by atoms with E-state index in [9.17, 15) is 10.5 Å². The second-order valence-electron chi connectivity index (χ2n) is 16.6. The molecule has 286 valence electrons. The lowest BCUT2D eigenvalue weighted by molar-refractivity contribution is 0.415. The van der Waals surface area contributed by atoms with Crippen molar-refractivity contribution in [3.8, 4) is 46.2 Å². The molecule has 58 heavy (non-hydrogen) atoms. The number of aromatic amines is 2. The molecule has 2 N–H and O–H groups in total. The third-order valence-corrected chi connectivity index (χ3v) is 10.9. The molecule has 0 aliphatic carbocycles. The van der Waals surface area contributed by atoms with Crippen molar-refractivity contribution >= 4 is 43.7 Å². The fraction of sp³-hybridized carbons (Fsp3) is 0.200. The normalized spacial score (nSPS) is 13.0. The average molecular weight is 761 g/mol. The van der Waals surface area contributed by atoms with Gasteiger partial charge in [0.2, 0.25) is 0 Å². The van der Waals surface area contributed by atoms with Gasteiger partial charge in [0, 0.05) is 21.5 Å². The Kier molecular flexibility index (Phi) is 9.38. The number of nitrogens with zero attached hydrogens (tertiary/aromatic N) is 4. The summed E-state index contributed by atoms with van der Waals surface area (Å²) in [5.74, 6) is 1.41. The van der Waals surface area contributed by atoms with E-state index in [0.29, 0.717) is 44.7 Å². The monoisotopic (exact) mass is 760 g/mol. The summed E-state index contributed by atoms with van der Waals surface area (Å²) in [6.45, 7) is 13.1. The van der Waals surface area contributed by atoms with Crippen molar-refractivity contribution < 1.29 is 9.47 Å². The number of nitriles is 2. The third-order valence-electron chi connectivity index (χ3n) is 10.9. The van der Waals surface area contributed by atoms with E-state index in [4.69, 9.17) is 19.4 Å². The van der Waals surface area contributed by atoms with Gasteiger partial charge in [-0.3, -0.25) is 0 Å². The van der Waals surface area contributed by atoms with Crippen LogP contribution < -0.4 is 20.2 Å². The van der Waals surface area contributed by atoms with Crippen molar-refractivity contribution in [2.45, 2.75) is 52.4 Å². The van der Waals surface area contributed by atoms with Crippen LogP contribution in [-0.2, 0) is 10.8 Å². The van der Waals surface area contributed by atoms with Crippen LogP contribution in [0.15, 0.2) is 109 Å². The zero-order valence-electron chi connectivity index (χ0n) is 34.0. The average Bonchev–Trinajstić information content (AvgIpc) is 3.80. The minimum atomic E-state index is -0.0220. The highest BCUT2D eigenvalue weighted by Gasteiger charge is 2.24. The predicted octanol–water partition coefficient (Wildman–Crippen LogP) is 9.98. The van der Waals surface area contributed by atoms with Gasteiger partial charge >= 0.3 is 0 Å². The minimum Gasteiger partial charge on any atom is -0.497 e. The molecule has 0 atom stereocenters. The standard InChI is InChI=1S/C50H44N6O2/c1-49(2,3)33-15-23-39-31(25-33)13-21-41(53-39)37(27-51)47-43-44(46(55-47)30-11-19-36(58-8)20-12-30)48(56-45(43)29-9-17-35(57-7)18-10-29)38(28-52)42-22-14-32-26-34(50(4,5)6)16-24-40(32)54-42/h9-26,55-56H,1-8H3/b47-37-,48-38-. The molecule has 0 amide bonds. The lowest BCUT2D eigenvalue weighted by atomic mass is 9.86. The maximum absolute atomic E-state index is 11.0. The van der Waals surface area contributed by atoms with Crippen LogP contribution in [0.4, 0.5) is 0 Å². The number of rotatable bonds is 6. The quantitative estimate of drug-likeness (QED) is 0.174. The van der Waals surface area contributed by atoms with E-state index in [1.807, 2.05) is 84.9 Å². The summed E-state index contributed by atoms with van der Waals surface area (Å²) in [6.07, 6.45) is 0. The van der Waals surface area contributed by atoms with Crippen LogP contribution in [0.2, 0.25) is 0 Å². The molecule has 0 aliphatic heterocycles. The van der Waals surface area contributed by atoms with Crippen molar-refractivity contribution in [2.24, 2.45) is 0 Å². The Balaban J connectivity index is 1.49. The van der Waals surface area contributed by atoms with E-state index in [-0.39, 0.29) is 10.8 Å². The second-order valence-corrected chi connectivity index (χ2v) is 16.6. The van der Waals surface area contributed by atoms with Crippen LogP contribution in [0, 0.1) is 22.7 Å². The van der Waals surface area contributed by atoms with E-state index in [1.165, 1.54) is 11.1 Å². The zero-order chi connectivity index (χ0) is 40.9. The van der Waals surface area contributed by atoms with Crippen molar-refractivity contribution in [1.82, 2.24) is 19.9 Å². The Morgan fingerprint density at radius 1 is 0.517 bits per heavy atom. The van der Waals surface area contributed by atoms with Crippen molar-refractivity contribution in [2.75, 3.05) is 14.2 Å². The number of nitrogens with one attached hydrogen (secondary N) is 2. The molecule has 4 aromatic heterocycles. The molecule has 0 unspecified atom stereocenters. The zero-order valence-corrected chi connectivity index (χ0v) is 34.0. The molecular formula is C50H44N6O2. The van der Waals surface area contributed by atoms with Gasteiger partial charge in [0.25, 0.3) is 0 Å². The van der Waals surface area contributed by atoms with Crippen LogP contribution in [0.3, 0.4) is 0 Å². The number of benzene rings is 4. The summed E-state index contributed by atoms with van der Waals surface area (Å²) in [4.78, 5) is 17.4. The number of ether oxygens (including phenoxy) is 2. The van der Waals surface area contributed by atoms with E-state index in [1.54, 1.807) is 14.2 Å². The van der Waals surface area contributed by atoms with Gasteiger partial charge in [0.15, 0.2) is 0 Å². The molecule has 4 heterocycles. The molecule has 8 nitrogen and oxygen atoms in total. The summed E-state index contributed by atoms with van der Waals surface area (Å²) in [5.41, 5.74) is 8.88. The molecule has 0 aliphatic rings. The summed E-state index contributed by atoms with van der Waals surface area (Å²) >= 11 is 0. The smallest absolute Gasteiger partial charge is 0.118 e. The summed E-state index contributed by atoms with van der Waals surface area (Å²) < 4.78 is 11.0. The molecule has 0 bridgehead atoms. The molecule has 8 rings (SSSR count). The lowest BCUT2D eigenvalue weighted by Crippen LogP contribution is -2.12. The van der Waals surface area contributed by atoms with Crippen molar-refractivity contribution in [1.29, 1.82) is 10.5 Å². The van der Waals surface area contributed by atoms with Gasteiger partial charge in [-0.15, -0.1) is 0 Å². The van der Waals surface area contributed by atoms with Gasteiger partial charge in [-0.25, -0.2) is 9.97 Å². The van der Waals surface area contributed by atoms with Gasteiger partial charge in [-0.1, -0.05) is 65.8 Å². The number of H-pyrrole nitrogens is 2. The summed E-state index contributed by atoms with van der Waals surface area (Å²) in [7, 11) is 3.27. The maximum Gasteiger partial charge on any atom is 0.118 e. The molecule has 0 radical (unpaired) electrons. The Morgan fingerprint density at radius 3 is 1.22 bits per heavy atom. The highest BCUT2D eigenvalue weighted by molar-refractivity contribution is 6.08. The van der Waals surface area contributed by atoms with Crippen LogP contribution in [0.25, 0.3) is 66.2 Å². The second kappa shape index (κ2) is 14.4. The highest BCUT2D eigenvalue weighted by Crippen LogP contribution is 2.34. The van der Waals surface area contributed by atoms with Crippen LogP contribution >= 0.6 is 0 Å². The highest BCUT2D eigenvalue weighted by atomic mass is 16.5. The van der Waals surface area contributed by atoms with Crippen molar-refractivity contribution in [3.63, 3.8) is 0 Å². The predicted molar refractivity (Wildman–Crippen MR) is 233 cm³/mol. The fourth-order valence-electron chi connectivity index (χ4n) is 7.52. The number of hydrogen-bond acceptors (Lipinski definition) is 6. The number of pyridine rings is 2. The first-order chi connectivity index (χ1) is 27.8. The number of hydrogen-bond donors (Lipinski definition) is 2. The van der Waals surface area contributed by atoms with E-state index in [0.717, 1.165) is 55.1 Å². The molecule has 0 saturated heterocycles. The van der Waals surface area contributed by atoms with Crippen LogP contribution in [-0.4, -0.2) is 34.2 Å². The van der Waals surface area contributed by atoms with Gasteiger partial charge in [-0.2, -0.15) is 10.5 Å². The Bertz CT molecular complexity index is 2890.